The molecule has 0 amide bonds. The fourth-order valence-corrected chi connectivity index (χ4v) is 0. The van der Waals surface area contributed by atoms with Crippen molar-refractivity contribution in [1.29, 1.82) is 0 Å². The van der Waals surface area contributed by atoms with E-state index >= 15 is 0 Å². The molecule has 6 heavy (non-hydrogen) atoms. The minimum atomic E-state index is 0. The van der Waals surface area contributed by atoms with Crippen LogP contribution in [0.5, 0.6) is 0 Å². The van der Waals surface area contributed by atoms with Gasteiger partial charge in [-0.15, -0.1) is 0 Å². The van der Waals surface area contributed by atoms with E-state index in [0.29, 0.717) is 0 Å². The molecule has 6 heteroatoms. The summed E-state index contributed by atoms with van der Waals surface area (Å²) in [5, 5.41) is 0. The van der Waals surface area contributed by atoms with Crippen molar-refractivity contribution in [2.75, 3.05) is 0 Å². The second-order valence-corrected chi connectivity index (χ2v) is 0. The van der Waals surface area contributed by atoms with Gasteiger partial charge in [0, 0.05) is 36.5 Å². The average molecular weight is 257 g/mol. The molecule has 0 aromatic rings. The van der Waals surface area contributed by atoms with Crippen LogP contribution in [0.2, 0.25) is 0 Å². The fraction of sp³-hybridized carbons (Fsp3) is 0. The molecular weight excluding hydrogens is 251 g/mol. The number of hydrogen-bond acceptors (Lipinski definition) is 0. The predicted molar refractivity (Wildman–Crippen MR) is 25.6 cm³/mol. The van der Waals surface area contributed by atoms with Crippen LogP contribution in [-0.2, 0) is 52.4 Å². The summed E-state index contributed by atoms with van der Waals surface area (Å²) in [6.45, 7) is 1.75. The summed E-state index contributed by atoms with van der Waals surface area (Å²) >= 11 is 3.25. The third-order valence-corrected chi connectivity index (χ3v) is 0. The van der Waals surface area contributed by atoms with Crippen molar-refractivity contribution in [3.8, 4) is 0 Å². The van der Waals surface area contributed by atoms with Crippen LogP contribution in [0.4, 0.5) is 0 Å². The van der Waals surface area contributed by atoms with E-state index < -0.39 is 0 Å². The molecule has 0 aromatic heterocycles. The monoisotopic (exact) mass is 256 g/mol. The van der Waals surface area contributed by atoms with Gasteiger partial charge in [-0.1, -0.05) is 0 Å². The molecular formula is H6BCaFeMgMnZn. The molecule has 0 saturated heterocycles. The predicted octanol–water partition coefficient (Wildman–Crippen LogP) is -2.76. The fourth-order valence-electron chi connectivity index (χ4n) is 0. The van der Waals surface area contributed by atoms with Crippen molar-refractivity contribution in [1.82, 2.24) is 0 Å². The van der Waals surface area contributed by atoms with E-state index in [4.69, 9.17) is 0 Å². The molecule has 0 aliphatic heterocycles. The maximum atomic E-state index is 3.25. The molecule has 0 spiro atoms. The van der Waals surface area contributed by atoms with E-state index in [1.807, 2.05) is 0 Å². The zero-order chi connectivity index (χ0) is 2.00. The first-order valence-electron chi connectivity index (χ1n) is 0.354. The molecule has 1 radical (unpaired) electrons. The summed E-state index contributed by atoms with van der Waals surface area (Å²) in [6, 6.07) is 0. The molecule has 0 N–H and O–H groups in total. The van der Waals surface area contributed by atoms with E-state index in [1.54, 1.807) is 6.66 Å². The molecule has 0 aliphatic rings. The summed E-state index contributed by atoms with van der Waals surface area (Å²) in [5.41, 5.74) is 0. The van der Waals surface area contributed by atoms with Crippen LogP contribution in [0.1, 0.15) is 0 Å². The summed E-state index contributed by atoms with van der Waals surface area (Å²) in [7, 11) is 0. The van der Waals surface area contributed by atoms with Crippen LogP contribution in [0.25, 0.3) is 0 Å². The van der Waals surface area contributed by atoms with E-state index in [9.17, 15) is 0 Å². The molecule has 0 aliphatic carbocycles. The van der Waals surface area contributed by atoms with Crippen LogP contribution >= 0.6 is 0 Å². The van der Waals surface area contributed by atoms with Crippen molar-refractivity contribution in [2.24, 2.45) is 0 Å². The maximum absolute atomic E-state index is 3.25. The Morgan fingerprint density at radius 1 is 1.17 bits per heavy atom. The Labute approximate surface area is 117 Å². The number of rotatable bonds is 0. The van der Waals surface area contributed by atoms with Crippen LogP contribution in [0.3, 0.4) is 0 Å². The SMILES string of the molecule is [BH2][Fe].[CaH2].[MgH2].[Mn].[Zn]. The van der Waals surface area contributed by atoms with Gasteiger partial charge in [0.25, 0.3) is 0 Å². The van der Waals surface area contributed by atoms with Gasteiger partial charge in [-0.05, 0) is 0 Å². The van der Waals surface area contributed by atoms with Crippen molar-refractivity contribution in [3.63, 3.8) is 0 Å². The summed E-state index contributed by atoms with van der Waals surface area (Å²) in [5.74, 6) is 0. The first kappa shape index (κ1) is 33.1. The molecule has 0 bridgehead atoms. The van der Waals surface area contributed by atoms with E-state index in [0.717, 1.165) is 0 Å². The van der Waals surface area contributed by atoms with Crippen molar-refractivity contribution in [3.05, 3.63) is 0 Å². The zero-order valence-corrected chi connectivity index (χ0v) is 7.69. The molecule has 0 saturated carbocycles. The molecule has 0 rings (SSSR count). The summed E-state index contributed by atoms with van der Waals surface area (Å²) < 4.78 is 0. The van der Waals surface area contributed by atoms with Crippen molar-refractivity contribution in [2.45, 2.75) is 0 Å². The number of hydrogen-bond donors (Lipinski definition) is 0. The third-order valence-electron chi connectivity index (χ3n) is 0. The van der Waals surface area contributed by atoms with Crippen LogP contribution in [0.15, 0.2) is 0 Å². The summed E-state index contributed by atoms with van der Waals surface area (Å²) in [4.78, 5) is 0. The van der Waals surface area contributed by atoms with Crippen molar-refractivity contribution < 1.29 is 52.4 Å². The first-order valence-corrected chi connectivity index (χ1v) is 1.46. The van der Waals surface area contributed by atoms with Gasteiger partial charge in [0.2, 0.25) is 0 Å². The molecule has 0 heterocycles. The second kappa shape index (κ2) is 37.4. The minimum Gasteiger partial charge on any atom is 0 e. The molecule has 0 fully saturated rings. The molecule has 0 atom stereocenters. The Kier molecular flexibility index (Phi) is 206. The van der Waals surface area contributed by atoms with Gasteiger partial charge in [-0.2, -0.15) is 0 Å². The maximum Gasteiger partial charge on any atom is 0.316 e. The molecule has 0 nitrogen and oxygen atoms in total. The smallest absolute Gasteiger partial charge is 0 e. The summed E-state index contributed by atoms with van der Waals surface area (Å²) in [6.07, 6.45) is 0. The molecule has 0 unspecified atom stereocenters. The Hall–Kier alpha value is 3.75. The van der Waals surface area contributed by atoms with Crippen LogP contribution in [-0.4, -0.2) is 67.4 Å². The second-order valence-electron chi connectivity index (χ2n) is 0. The Morgan fingerprint density at radius 3 is 1.17 bits per heavy atom. The van der Waals surface area contributed by atoms with Gasteiger partial charge in [0.1, 0.15) is 0 Å². The quantitative estimate of drug-likeness (QED) is 0.413. The first-order chi connectivity index (χ1) is 1.00. The Morgan fingerprint density at radius 2 is 1.17 bits per heavy atom. The Balaban J connectivity index is -0.000000000833. The van der Waals surface area contributed by atoms with E-state index in [-0.39, 0.29) is 97.3 Å². The Bertz CT molecular complexity index is 15.5. The van der Waals surface area contributed by atoms with Crippen LogP contribution < -0.4 is 0 Å². The topological polar surface area (TPSA) is 0 Å². The van der Waals surface area contributed by atoms with Crippen molar-refractivity contribution >= 4 is 67.4 Å². The minimum absolute atomic E-state index is 0. The van der Waals surface area contributed by atoms with Gasteiger partial charge in [0.15, 0.2) is 0 Å². The largest absolute Gasteiger partial charge is 0.316 e. The normalized spacial score (nSPS) is 0.833. The molecule has 30 valence electrons. The van der Waals surface area contributed by atoms with Crippen LogP contribution in [0, 0.1) is 0 Å². The van der Waals surface area contributed by atoms with E-state index in [1.165, 1.54) is 0 Å². The molecule has 0 aromatic carbocycles. The van der Waals surface area contributed by atoms with Gasteiger partial charge in [-0.25, -0.2) is 0 Å². The van der Waals surface area contributed by atoms with Gasteiger partial charge < -0.3 is 0 Å². The zero-order valence-electron chi connectivity index (χ0n) is 2.44. The third kappa shape index (κ3) is 25.1. The van der Waals surface area contributed by atoms with Gasteiger partial charge >= 0.3 is 83.3 Å². The standard InChI is InChI=1S/BH2.Ca.Fe.Mg.Mn.Zn.4H/h1H2;;;;;;;;;/q+1;;-1;;;;;;;. The van der Waals surface area contributed by atoms with E-state index in [2.05, 4.69) is 15.8 Å². The average Bonchev–Trinajstić information content (AvgIpc) is 1.00. The van der Waals surface area contributed by atoms with Gasteiger partial charge in [-0.3, -0.25) is 0 Å². The van der Waals surface area contributed by atoms with Gasteiger partial charge in [0.05, 0.1) is 0 Å².